The highest BCUT2D eigenvalue weighted by Gasteiger charge is 2.20. The molecule has 1 aromatic rings. The number of aliphatic hydroxyl groups is 1. The van der Waals surface area contributed by atoms with E-state index in [1.807, 2.05) is 11.8 Å². The molecule has 0 saturated heterocycles. The number of anilines is 1. The fourth-order valence-corrected chi connectivity index (χ4v) is 2.01. The number of rotatable bonds is 8. The maximum Gasteiger partial charge on any atom is 0.140 e. The second-order valence-electron chi connectivity index (χ2n) is 4.12. The normalized spacial score (nSPS) is 12.5. The first-order valence-electron chi connectivity index (χ1n) is 6.00. The van der Waals surface area contributed by atoms with Crippen LogP contribution in [0.25, 0.3) is 0 Å². The van der Waals surface area contributed by atoms with E-state index in [0.29, 0.717) is 31.1 Å². The van der Waals surface area contributed by atoms with Gasteiger partial charge in [0.1, 0.15) is 17.3 Å². The molecular weight excluding hydrogens is 270 g/mol. The van der Waals surface area contributed by atoms with Crippen LogP contribution in [-0.4, -0.2) is 55.1 Å². The average Bonchev–Trinajstić information content (AvgIpc) is 2.39. The van der Waals surface area contributed by atoms with Gasteiger partial charge in [-0.2, -0.15) is 0 Å². The number of aromatic nitrogens is 2. The van der Waals surface area contributed by atoms with Crippen molar-refractivity contribution < 1.29 is 14.6 Å². The van der Waals surface area contributed by atoms with Crippen molar-refractivity contribution in [1.82, 2.24) is 9.97 Å². The van der Waals surface area contributed by atoms with E-state index >= 15 is 0 Å². The van der Waals surface area contributed by atoms with E-state index in [1.165, 1.54) is 6.33 Å². The van der Waals surface area contributed by atoms with E-state index in [-0.39, 0.29) is 17.8 Å². The zero-order valence-corrected chi connectivity index (χ0v) is 12.2. The second kappa shape index (κ2) is 8.27. The van der Waals surface area contributed by atoms with Crippen LogP contribution >= 0.6 is 11.6 Å². The first-order valence-corrected chi connectivity index (χ1v) is 6.38. The number of methoxy groups -OCH3 is 2. The van der Waals surface area contributed by atoms with E-state index in [2.05, 4.69) is 9.97 Å². The number of hydrogen-bond donors (Lipinski definition) is 1. The SMILES string of the molecule is COCCN(c1ncnc(Cl)c1CO)C(C)COC. The Morgan fingerprint density at radius 1 is 1.37 bits per heavy atom. The lowest BCUT2D eigenvalue weighted by atomic mass is 10.2. The summed E-state index contributed by atoms with van der Waals surface area (Å²) in [5.41, 5.74) is 0.517. The first kappa shape index (κ1) is 16.1. The van der Waals surface area contributed by atoms with Crippen LogP contribution in [-0.2, 0) is 16.1 Å². The number of aliphatic hydroxyl groups excluding tert-OH is 1. The molecule has 108 valence electrons. The van der Waals surface area contributed by atoms with Gasteiger partial charge >= 0.3 is 0 Å². The highest BCUT2D eigenvalue weighted by atomic mass is 35.5. The molecule has 1 heterocycles. The minimum absolute atomic E-state index is 0.0800. The standard InChI is InChI=1S/C12H20ClN3O3/c1-9(7-19-3)16(4-5-18-2)12-10(6-17)11(13)14-8-15-12/h8-9,17H,4-7H2,1-3H3. The first-order chi connectivity index (χ1) is 9.15. The number of hydrogen-bond acceptors (Lipinski definition) is 6. The van der Waals surface area contributed by atoms with Crippen molar-refractivity contribution in [2.45, 2.75) is 19.6 Å². The van der Waals surface area contributed by atoms with Crippen LogP contribution in [0.5, 0.6) is 0 Å². The molecule has 0 aromatic carbocycles. The minimum Gasteiger partial charge on any atom is -0.391 e. The smallest absolute Gasteiger partial charge is 0.140 e. The van der Waals surface area contributed by atoms with Crippen molar-refractivity contribution in [2.75, 3.05) is 38.9 Å². The maximum atomic E-state index is 9.43. The Morgan fingerprint density at radius 3 is 2.68 bits per heavy atom. The fraction of sp³-hybridized carbons (Fsp3) is 0.667. The van der Waals surface area contributed by atoms with E-state index in [0.717, 1.165) is 0 Å². The highest BCUT2D eigenvalue weighted by Crippen LogP contribution is 2.24. The van der Waals surface area contributed by atoms with Crippen LogP contribution in [0.4, 0.5) is 5.82 Å². The predicted molar refractivity (Wildman–Crippen MR) is 73.5 cm³/mol. The fourth-order valence-electron chi connectivity index (χ4n) is 1.82. The molecule has 19 heavy (non-hydrogen) atoms. The van der Waals surface area contributed by atoms with Gasteiger partial charge in [-0.05, 0) is 6.92 Å². The molecule has 0 bridgehead atoms. The zero-order valence-electron chi connectivity index (χ0n) is 11.5. The Balaban J connectivity index is 3.05. The third kappa shape index (κ3) is 4.28. The van der Waals surface area contributed by atoms with Gasteiger partial charge in [-0.25, -0.2) is 9.97 Å². The minimum atomic E-state index is -0.210. The molecule has 1 atom stereocenters. The van der Waals surface area contributed by atoms with Gasteiger partial charge in [-0.3, -0.25) is 0 Å². The molecule has 0 aliphatic carbocycles. The molecular formula is C12H20ClN3O3. The van der Waals surface area contributed by atoms with Crippen molar-refractivity contribution in [1.29, 1.82) is 0 Å². The second-order valence-corrected chi connectivity index (χ2v) is 4.47. The molecule has 0 amide bonds. The van der Waals surface area contributed by atoms with Crippen LogP contribution in [0.3, 0.4) is 0 Å². The highest BCUT2D eigenvalue weighted by molar-refractivity contribution is 6.30. The van der Waals surface area contributed by atoms with Gasteiger partial charge in [-0.15, -0.1) is 0 Å². The van der Waals surface area contributed by atoms with Gasteiger partial charge in [0.25, 0.3) is 0 Å². The van der Waals surface area contributed by atoms with Gasteiger partial charge in [0.15, 0.2) is 0 Å². The molecule has 0 radical (unpaired) electrons. The molecule has 1 N–H and O–H groups in total. The van der Waals surface area contributed by atoms with Crippen molar-refractivity contribution in [2.24, 2.45) is 0 Å². The van der Waals surface area contributed by atoms with Crippen molar-refractivity contribution in [3.63, 3.8) is 0 Å². The Kier molecular flexibility index (Phi) is 7.01. The van der Waals surface area contributed by atoms with E-state index in [1.54, 1.807) is 14.2 Å². The Morgan fingerprint density at radius 2 is 2.11 bits per heavy atom. The van der Waals surface area contributed by atoms with Crippen LogP contribution in [0.1, 0.15) is 12.5 Å². The predicted octanol–water partition coefficient (Wildman–Crippen LogP) is 1.11. The molecule has 6 nitrogen and oxygen atoms in total. The lowest BCUT2D eigenvalue weighted by molar-refractivity contribution is 0.170. The van der Waals surface area contributed by atoms with E-state index in [4.69, 9.17) is 21.1 Å². The Labute approximate surface area is 118 Å². The molecule has 0 aliphatic rings. The maximum absolute atomic E-state index is 9.43. The van der Waals surface area contributed by atoms with E-state index in [9.17, 15) is 5.11 Å². The third-order valence-electron chi connectivity index (χ3n) is 2.78. The van der Waals surface area contributed by atoms with Crippen LogP contribution in [0, 0.1) is 0 Å². The van der Waals surface area contributed by atoms with Gasteiger partial charge in [0, 0.05) is 20.8 Å². The van der Waals surface area contributed by atoms with E-state index < -0.39 is 0 Å². The monoisotopic (exact) mass is 289 g/mol. The topological polar surface area (TPSA) is 67.7 Å². The number of nitrogens with zero attached hydrogens (tertiary/aromatic N) is 3. The summed E-state index contributed by atoms with van der Waals surface area (Å²) >= 11 is 5.99. The van der Waals surface area contributed by atoms with Gasteiger partial charge in [0.2, 0.25) is 0 Å². The molecule has 1 rings (SSSR count). The molecule has 0 spiro atoms. The van der Waals surface area contributed by atoms with Gasteiger partial charge in [-0.1, -0.05) is 11.6 Å². The summed E-state index contributed by atoms with van der Waals surface area (Å²) < 4.78 is 10.3. The summed E-state index contributed by atoms with van der Waals surface area (Å²) in [6.45, 7) is 3.51. The van der Waals surface area contributed by atoms with Crippen molar-refractivity contribution in [3.8, 4) is 0 Å². The molecule has 1 aromatic heterocycles. The summed E-state index contributed by atoms with van der Waals surface area (Å²) in [5.74, 6) is 0.615. The Bertz CT molecular complexity index is 392. The molecule has 1 unspecified atom stereocenters. The molecule has 0 fully saturated rings. The zero-order chi connectivity index (χ0) is 14.3. The molecule has 0 saturated carbocycles. The summed E-state index contributed by atoms with van der Waals surface area (Å²) in [5, 5.41) is 9.70. The average molecular weight is 290 g/mol. The number of ether oxygens (including phenoxy) is 2. The van der Waals surface area contributed by atoms with Crippen molar-refractivity contribution in [3.05, 3.63) is 17.0 Å². The summed E-state index contributed by atoms with van der Waals surface area (Å²) in [7, 11) is 3.28. The van der Waals surface area contributed by atoms with Crippen molar-refractivity contribution >= 4 is 17.4 Å². The summed E-state index contributed by atoms with van der Waals surface area (Å²) in [6, 6.07) is 0.0800. The summed E-state index contributed by atoms with van der Waals surface area (Å²) in [6.07, 6.45) is 1.39. The largest absolute Gasteiger partial charge is 0.391 e. The van der Waals surface area contributed by atoms with Crippen LogP contribution < -0.4 is 4.90 Å². The van der Waals surface area contributed by atoms with Gasteiger partial charge < -0.3 is 19.5 Å². The lowest BCUT2D eigenvalue weighted by Gasteiger charge is -2.31. The quantitative estimate of drug-likeness (QED) is 0.723. The summed E-state index contributed by atoms with van der Waals surface area (Å²) in [4.78, 5) is 10.1. The Hall–Kier alpha value is -0.950. The third-order valence-corrected chi connectivity index (χ3v) is 3.10. The lowest BCUT2D eigenvalue weighted by Crippen LogP contribution is -2.40. The van der Waals surface area contributed by atoms with Crippen LogP contribution in [0.2, 0.25) is 5.15 Å². The molecule has 0 aliphatic heterocycles. The van der Waals surface area contributed by atoms with Crippen LogP contribution in [0.15, 0.2) is 6.33 Å². The molecule has 7 heteroatoms. The van der Waals surface area contributed by atoms with Gasteiger partial charge in [0.05, 0.1) is 31.4 Å². The number of halogens is 1.